The SMILES string of the molecule is COc1ccc(Br)c(CNC(C)CC(C)C)c1. The molecule has 96 valence electrons. The summed E-state index contributed by atoms with van der Waals surface area (Å²) in [4.78, 5) is 0. The molecule has 1 unspecified atom stereocenters. The van der Waals surface area contributed by atoms with E-state index in [0.717, 1.165) is 22.7 Å². The van der Waals surface area contributed by atoms with Crippen LogP contribution in [-0.2, 0) is 6.54 Å². The Hall–Kier alpha value is -0.540. The van der Waals surface area contributed by atoms with Crippen LogP contribution in [0.15, 0.2) is 22.7 Å². The van der Waals surface area contributed by atoms with E-state index in [1.165, 1.54) is 12.0 Å². The average Bonchev–Trinajstić information content (AvgIpc) is 2.27. The normalized spacial score (nSPS) is 12.8. The largest absolute Gasteiger partial charge is 0.497 e. The lowest BCUT2D eigenvalue weighted by atomic mass is 10.1. The van der Waals surface area contributed by atoms with Gasteiger partial charge in [0.25, 0.3) is 0 Å². The van der Waals surface area contributed by atoms with Gasteiger partial charge in [-0.05, 0) is 43.0 Å². The highest BCUT2D eigenvalue weighted by Gasteiger charge is 2.06. The molecule has 0 heterocycles. The van der Waals surface area contributed by atoms with Crippen LogP contribution in [0.4, 0.5) is 0 Å². The van der Waals surface area contributed by atoms with E-state index in [9.17, 15) is 0 Å². The van der Waals surface area contributed by atoms with E-state index in [0.29, 0.717) is 6.04 Å². The Labute approximate surface area is 113 Å². The van der Waals surface area contributed by atoms with Gasteiger partial charge in [-0.1, -0.05) is 29.8 Å². The Morgan fingerprint density at radius 2 is 2.00 bits per heavy atom. The first-order valence-electron chi connectivity index (χ1n) is 6.08. The lowest BCUT2D eigenvalue weighted by molar-refractivity contribution is 0.412. The molecule has 0 aliphatic heterocycles. The monoisotopic (exact) mass is 299 g/mol. The van der Waals surface area contributed by atoms with Crippen molar-refractivity contribution in [1.82, 2.24) is 5.32 Å². The van der Waals surface area contributed by atoms with Gasteiger partial charge in [0.1, 0.15) is 5.75 Å². The molecule has 1 aromatic rings. The smallest absolute Gasteiger partial charge is 0.119 e. The van der Waals surface area contributed by atoms with Crippen LogP contribution < -0.4 is 10.1 Å². The molecule has 0 aromatic heterocycles. The molecule has 0 amide bonds. The summed E-state index contributed by atoms with van der Waals surface area (Å²) in [6, 6.07) is 6.60. The van der Waals surface area contributed by atoms with Crippen molar-refractivity contribution in [1.29, 1.82) is 0 Å². The summed E-state index contributed by atoms with van der Waals surface area (Å²) in [7, 11) is 1.70. The number of methoxy groups -OCH3 is 1. The molecule has 0 aliphatic carbocycles. The van der Waals surface area contributed by atoms with Crippen molar-refractivity contribution in [2.45, 2.75) is 39.8 Å². The molecule has 1 N–H and O–H groups in total. The third kappa shape index (κ3) is 5.09. The van der Waals surface area contributed by atoms with Gasteiger partial charge < -0.3 is 10.1 Å². The van der Waals surface area contributed by atoms with Gasteiger partial charge in [-0.15, -0.1) is 0 Å². The van der Waals surface area contributed by atoms with E-state index >= 15 is 0 Å². The second-order valence-corrected chi connectivity index (χ2v) is 5.72. The van der Waals surface area contributed by atoms with Crippen molar-refractivity contribution in [2.24, 2.45) is 5.92 Å². The average molecular weight is 300 g/mol. The van der Waals surface area contributed by atoms with Crippen LogP contribution in [0.2, 0.25) is 0 Å². The van der Waals surface area contributed by atoms with Gasteiger partial charge >= 0.3 is 0 Å². The van der Waals surface area contributed by atoms with Crippen molar-refractivity contribution < 1.29 is 4.74 Å². The second-order valence-electron chi connectivity index (χ2n) is 4.87. The van der Waals surface area contributed by atoms with Gasteiger partial charge in [0.15, 0.2) is 0 Å². The zero-order chi connectivity index (χ0) is 12.8. The summed E-state index contributed by atoms with van der Waals surface area (Å²) in [6.07, 6.45) is 1.20. The van der Waals surface area contributed by atoms with Crippen molar-refractivity contribution in [3.05, 3.63) is 28.2 Å². The zero-order valence-electron chi connectivity index (χ0n) is 11.1. The number of hydrogen-bond acceptors (Lipinski definition) is 2. The number of halogens is 1. The van der Waals surface area contributed by atoms with Gasteiger partial charge in [0, 0.05) is 17.1 Å². The minimum atomic E-state index is 0.535. The molecule has 1 aromatic carbocycles. The summed E-state index contributed by atoms with van der Waals surface area (Å²) in [5.41, 5.74) is 1.24. The van der Waals surface area contributed by atoms with E-state index in [1.54, 1.807) is 7.11 Å². The summed E-state index contributed by atoms with van der Waals surface area (Å²) in [5.74, 6) is 1.63. The Morgan fingerprint density at radius 1 is 1.29 bits per heavy atom. The zero-order valence-corrected chi connectivity index (χ0v) is 12.7. The van der Waals surface area contributed by atoms with E-state index in [2.05, 4.69) is 48.1 Å². The lowest BCUT2D eigenvalue weighted by Crippen LogP contribution is -2.27. The fraction of sp³-hybridized carbons (Fsp3) is 0.571. The van der Waals surface area contributed by atoms with Crippen molar-refractivity contribution in [3.8, 4) is 5.75 Å². The summed E-state index contributed by atoms with van der Waals surface area (Å²) >= 11 is 3.57. The first-order valence-corrected chi connectivity index (χ1v) is 6.88. The van der Waals surface area contributed by atoms with E-state index in [4.69, 9.17) is 4.74 Å². The van der Waals surface area contributed by atoms with Crippen molar-refractivity contribution in [3.63, 3.8) is 0 Å². The summed E-state index contributed by atoms with van der Waals surface area (Å²) in [5, 5.41) is 3.54. The predicted octanol–water partition coefficient (Wildman–Crippen LogP) is 3.98. The highest BCUT2D eigenvalue weighted by molar-refractivity contribution is 9.10. The Balaban J connectivity index is 2.56. The van der Waals surface area contributed by atoms with Crippen LogP contribution in [0.1, 0.15) is 32.8 Å². The first-order chi connectivity index (χ1) is 8.02. The molecule has 0 spiro atoms. The number of hydrogen-bond donors (Lipinski definition) is 1. The topological polar surface area (TPSA) is 21.3 Å². The molecule has 0 saturated carbocycles. The third-order valence-electron chi connectivity index (χ3n) is 2.72. The number of ether oxygens (including phenoxy) is 1. The minimum absolute atomic E-state index is 0.535. The number of nitrogens with one attached hydrogen (secondary N) is 1. The minimum Gasteiger partial charge on any atom is -0.497 e. The maximum Gasteiger partial charge on any atom is 0.119 e. The number of benzene rings is 1. The van der Waals surface area contributed by atoms with E-state index in [-0.39, 0.29) is 0 Å². The highest BCUT2D eigenvalue weighted by Crippen LogP contribution is 2.22. The van der Waals surface area contributed by atoms with Gasteiger partial charge in [0.05, 0.1) is 7.11 Å². The van der Waals surface area contributed by atoms with Gasteiger partial charge in [-0.25, -0.2) is 0 Å². The quantitative estimate of drug-likeness (QED) is 0.858. The molecule has 0 fully saturated rings. The van der Waals surface area contributed by atoms with Crippen molar-refractivity contribution >= 4 is 15.9 Å². The fourth-order valence-corrected chi connectivity index (χ4v) is 2.27. The summed E-state index contributed by atoms with van der Waals surface area (Å²) in [6.45, 7) is 7.60. The molecule has 3 heteroatoms. The molecule has 0 bridgehead atoms. The lowest BCUT2D eigenvalue weighted by Gasteiger charge is -2.16. The Morgan fingerprint density at radius 3 is 2.59 bits per heavy atom. The second kappa shape index (κ2) is 7.02. The molecule has 0 radical (unpaired) electrons. The maximum atomic E-state index is 5.23. The number of rotatable bonds is 6. The van der Waals surface area contributed by atoms with Crippen LogP contribution in [0.3, 0.4) is 0 Å². The Kier molecular flexibility index (Phi) is 6.00. The van der Waals surface area contributed by atoms with E-state index in [1.807, 2.05) is 12.1 Å². The first kappa shape index (κ1) is 14.5. The molecule has 2 nitrogen and oxygen atoms in total. The van der Waals surface area contributed by atoms with Gasteiger partial charge in [-0.2, -0.15) is 0 Å². The van der Waals surface area contributed by atoms with Crippen LogP contribution in [0.5, 0.6) is 5.75 Å². The maximum absolute atomic E-state index is 5.23. The highest BCUT2D eigenvalue weighted by atomic mass is 79.9. The molecule has 1 atom stereocenters. The molecule has 0 aliphatic rings. The van der Waals surface area contributed by atoms with Crippen LogP contribution >= 0.6 is 15.9 Å². The van der Waals surface area contributed by atoms with Crippen LogP contribution in [0.25, 0.3) is 0 Å². The van der Waals surface area contributed by atoms with Crippen LogP contribution in [-0.4, -0.2) is 13.2 Å². The van der Waals surface area contributed by atoms with Gasteiger partial charge in [-0.3, -0.25) is 0 Å². The molecule has 17 heavy (non-hydrogen) atoms. The molecular formula is C14H22BrNO. The Bertz CT molecular complexity index is 352. The van der Waals surface area contributed by atoms with Crippen LogP contribution in [0, 0.1) is 5.92 Å². The molecule has 0 saturated heterocycles. The molecule has 1 rings (SSSR count). The fourth-order valence-electron chi connectivity index (χ4n) is 1.89. The van der Waals surface area contributed by atoms with E-state index < -0.39 is 0 Å². The third-order valence-corrected chi connectivity index (χ3v) is 3.49. The molecular weight excluding hydrogens is 278 g/mol. The standard InChI is InChI=1S/C14H22BrNO/c1-10(2)7-11(3)16-9-12-8-13(17-4)5-6-14(12)15/h5-6,8,10-11,16H,7,9H2,1-4H3. The van der Waals surface area contributed by atoms with Crippen molar-refractivity contribution in [2.75, 3.05) is 7.11 Å². The van der Waals surface area contributed by atoms with Gasteiger partial charge in [0.2, 0.25) is 0 Å². The predicted molar refractivity (Wildman–Crippen MR) is 76.5 cm³/mol. The summed E-state index contributed by atoms with van der Waals surface area (Å²) < 4.78 is 6.36.